The first-order chi connectivity index (χ1) is 8.72. The number of thiazole rings is 1. The number of nitrogens with zero attached hydrogens (tertiary/aromatic N) is 1. The Morgan fingerprint density at radius 3 is 3.06 bits per heavy atom. The predicted octanol–water partition coefficient (Wildman–Crippen LogP) is 3.57. The minimum atomic E-state index is 0.596. The Morgan fingerprint density at radius 2 is 2.33 bits per heavy atom. The molecule has 2 nitrogen and oxygen atoms in total. The van der Waals surface area contributed by atoms with Crippen molar-refractivity contribution in [3.05, 3.63) is 28.8 Å². The predicted molar refractivity (Wildman–Crippen MR) is 78.4 cm³/mol. The maximum Gasteiger partial charge on any atom is 0.0941 e. The first kappa shape index (κ1) is 12.1. The highest BCUT2D eigenvalue weighted by atomic mass is 32.1. The summed E-state index contributed by atoms with van der Waals surface area (Å²) in [4.78, 5) is 4.77. The van der Waals surface area contributed by atoms with Gasteiger partial charge in [-0.2, -0.15) is 0 Å². The number of nitrogens with one attached hydrogen (secondary N) is 1. The third-order valence-electron chi connectivity index (χ3n) is 3.75. The molecule has 1 fully saturated rings. The van der Waals surface area contributed by atoms with E-state index >= 15 is 0 Å². The Bertz CT molecular complexity index is 538. The van der Waals surface area contributed by atoms with E-state index in [0.29, 0.717) is 5.92 Å². The normalized spacial score (nSPS) is 20.1. The highest BCUT2D eigenvalue weighted by Crippen LogP contribution is 2.28. The van der Waals surface area contributed by atoms with Crippen LogP contribution in [0.15, 0.2) is 18.2 Å². The van der Waals surface area contributed by atoms with Crippen molar-refractivity contribution < 1.29 is 0 Å². The molecule has 0 amide bonds. The van der Waals surface area contributed by atoms with Gasteiger partial charge in [-0.15, -0.1) is 11.3 Å². The molecule has 1 aliphatic heterocycles. The van der Waals surface area contributed by atoms with E-state index < -0.39 is 0 Å². The quantitative estimate of drug-likeness (QED) is 0.912. The van der Waals surface area contributed by atoms with Gasteiger partial charge in [0.2, 0.25) is 0 Å². The Kier molecular flexibility index (Phi) is 3.35. The average molecular weight is 260 g/mol. The summed E-state index contributed by atoms with van der Waals surface area (Å²) in [6.07, 6.45) is 2.44. The van der Waals surface area contributed by atoms with Gasteiger partial charge in [-0.25, -0.2) is 4.98 Å². The van der Waals surface area contributed by atoms with Crippen LogP contribution in [0.1, 0.15) is 36.8 Å². The van der Waals surface area contributed by atoms with Crippen LogP contribution in [0.5, 0.6) is 0 Å². The number of aromatic nitrogens is 1. The molecule has 1 N–H and O–H groups in total. The van der Waals surface area contributed by atoms with E-state index in [1.54, 1.807) is 0 Å². The summed E-state index contributed by atoms with van der Waals surface area (Å²) in [5.74, 6) is 1.38. The zero-order valence-corrected chi connectivity index (χ0v) is 11.9. The van der Waals surface area contributed by atoms with Crippen LogP contribution in [-0.2, 0) is 6.42 Å². The van der Waals surface area contributed by atoms with E-state index in [1.165, 1.54) is 33.8 Å². The number of hydrogen-bond donors (Lipinski definition) is 1. The van der Waals surface area contributed by atoms with Gasteiger partial charge in [-0.3, -0.25) is 0 Å². The Labute approximate surface area is 112 Å². The van der Waals surface area contributed by atoms with E-state index in [0.717, 1.165) is 18.9 Å². The minimum Gasteiger partial charge on any atom is -0.316 e. The average Bonchev–Trinajstić information content (AvgIpc) is 2.96. The molecule has 1 aromatic carbocycles. The summed E-state index contributed by atoms with van der Waals surface area (Å²) < 4.78 is 1.35. The van der Waals surface area contributed by atoms with Crippen molar-refractivity contribution in [3.8, 4) is 0 Å². The molecule has 2 aromatic rings. The van der Waals surface area contributed by atoms with Gasteiger partial charge in [0.25, 0.3) is 0 Å². The van der Waals surface area contributed by atoms with Gasteiger partial charge < -0.3 is 5.32 Å². The Morgan fingerprint density at radius 1 is 1.44 bits per heavy atom. The number of fused-ring (bicyclic) bond motifs is 1. The summed E-state index contributed by atoms with van der Waals surface area (Å²) in [6, 6.07) is 6.71. The molecule has 1 aliphatic rings. The first-order valence-electron chi connectivity index (χ1n) is 6.82. The molecule has 3 rings (SSSR count). The standard InChI is InChI=1S/C15H20N2S/c1-10(2)12-3-4-13-14(8-12)18-15(17-13)7-11-5-6-16-9-11/h3-4,8,10-11,16H,5-7,9H2,1-2H3. The van der Waals surface area contributed by atoms with Crippen LogP contribution in [-0.4, -0.2) is 18.1 Å². The molecule has 0 aliphatic carbocycles. The molecule has 1 unspecified atom stereocenters. The van der Waals surface area contributed by atoms with Crippen LogP contribution in [0.2, 0.25) is 0 Å². The highest BCUT2D eigenvalue weighted by molar-refractivity contribution is 7.18. The van der Waals surface area contributed by atoms with Gasteiger partial charge in [-0.05, 0) is 49.0 Å². The monoisotopic (exact) mass is 260 g/mol. The van der Waals surface area contributed by atoms with Crippen molar-refractivity contribution in [2.24, 2.45) is 5.92 Å². The molecule has 0 bridgehead atoms. The van der Waals surface area contributed by atoms with Gasteiger partial charge in [0.1, 0.15) is 0 Å². The first-order valence-corrected chi connectivity index (χ1v) is 7.64. The van der Waals surface area contributed by atoms with E-state index in [2.05, 4.69) is 37.4 Å². The molecule has 2 heterocycles. The van der Waals surface area contributed by atoms with Gasteiger partial charge in [0.05, 0.1) is 15.2 Å². The fourth-order valence-corrected chi connectivity index (χ4v) is 3.70. The number of hydrogen-bond acceptors (Lipinski definition) is 3. The van der Waals surface area contributed by atoms with E-state index in [-0.39, 0.29) is 0 Å². The fraction of sp³-hybridized carbons (Fsp3) is 0.533. The maximum atomic E-state index is 4.77. The lowest BCUT2D eigenvalue weighted by Gasteiger charge is -2.03. The van der Waals surface area contributed by atoms with Crippen molar-refractivity contribution in [2.45, 2.75) is 32.6 Å². The molecule has 0 radical (unpaired) electrons. The molecule has 1 aromatic heterocycles. The fourth-order valence-electron chi connectivity index (χ4n) is 2.57. The van der Waals surface area contributed by atoms with Crippen LogP contribution in [0.3, 0.4) is 0 Å². The van der Waals surface area contributed by atoms with Crippen molar-refractivity contribution in [1.29, 1.82) is 0 Å². The number of rotatable bonds is 3. The van der Waals surface area contributed by atoms with Gasteiger partial charge >= 0.3 is 0 Å². The summed E-state index contributed by atoms with van der Waals surface area (Å²) in [5.41, 5.74) is 2.59. The van der Waals surface area contributed by atoms with Crippen molar-refractivity contribution in [3.63, 3.8) is 0 Å². The molecule has 3 heteroatoms. The molecule has 1 atom stereocenters. The topological polar surface area (TPSA) is 24.9 Å². The highest BCUT2D eigenvalue weighted by Gasteiger charge is 2.17. The molecule has 96 valence electrons. The third kappa shape index (κ3) is 2.43. The zero-order valence-electron chi connectivity index (χ0n) is 11.1. The van der Waals surface area contributed by atoms with Crippen LogP contribution < -0.4 is 5.32 Å². The Balaban J connectivity index is 1.85. The Hall–Kier alpha value is -0.930. The lowest BCUT2D eigenvalue weighted by atomic mass is 10.0. The summed E-state index contributed by atoms with van der Waals surface area (Å²) in [5, 5.41) is 4.73. The number of benzene rings is 1. The SMILES string of the molecule is CC(C)c1ccc2nc(CC3CCNC3)sc2c1. The summed E-state index contributed by atoms with van der Waals surface area (Å²) >= 11 is 1.88. The van der Waals surface area contributed by atoms with E-state index in [9.17, 15) is 0 Å². The second-order valence-corrected chi connectivity index (χ2v) is 6.67. The molecule has 18 heavy (non-hydrogen) atoms. The van der Waals surface area contributed by atoms with Crippen LogP contribution in [0.4, 0.5) is 0 Å². The maximum absolute atomic E-state index is 4.77. The second-order valence-electron chi connectivity index (χ2n) is 5.55. The van der Waals surface area contributed by atoms with Crippen LogP contribution in [0, 0.1) is 5.92 Å². The summed E-state index contributed by atoms with van der Waals surface area (Å²) in [6.45, 7) is 6.82. The lowest BCUT2D eigenvalue weighted by molar-refractivity contribution is 0.579. The van der Waals surface area contributed by atoms with Crippen molar-refractivity contribution in [1.82, 2.24) is 10.3 Å². The van der Waals surface area contributed by atoms with E-state index in [4.69, 9.17) is 4.98 Å². The van der Waals surface area contributed by atoms with Gasteiger partial charge in [-0.1, -0.05) is 19.9 Å². The zero-order chi connectivity index (χ0) is 12.5. The minimum absolute atomic E-state index is 0.596. The van der Waals surface area contributed by atoms with Crippen molar-refractivity contribution >= 4 is 21.6 Å². The van der Waals surface area contributed by atoms with Gasteiger partial charge in [0.15, 0.2) is 0 Å². The smallest absolute Gasteiger partial charge is 0.0941 e. The van der Waals surface area contributed by atoms with Crippen LogP contribution >= 0.6 is 11.3 Å². The van der Waals surface area contributed by atoms with Gasteiger partial charge in [0, 0.05) is 6.42 Å². The third-order valence-corrected chi connectivity index (χ3v) is 4.79. The second kappa shape index (κ2) is 4.98. The summed E-state index contributed by atoms with van der Waals surface area (Å²) in [7, 11) is 0. The molecular formula is C15H20N2S. The molecule has 1 saturated heterocycles. The largest absolute Gasteiger partial charge is 0.316 e. The molecule has 0 saturated carbocycles. The lowest BCUT2D eigenvalue weighted by Crippen LogP contribution is -2.10. The van der Waals surface area contributed by atoms with E-state index in [1.807, 2.05) is 11.3 Å². The van der Waals surface area contributed by atoms with Crippen LogP contribution in [0.25, 0.3) is 10.2 Å². The molecular weight excluding hydrogens is 240 g/mol. The van der Waals surface area contributed by atoms with Crippen molar-refractivity contribution in [2.75, 3.05) is 13.1 Å². The molecule has 0 spiro atoms.